The summed E-state index contributed by atoms with van der Waals surface area (Å²) in [6, 6.07) is 19.3. The van der Waals surface area contributed by atoms with Crippen molar-refractivity contribution < 1.29 is 18.7 Å². The molecule has 0 aliphatic carbocycles. The number of aryl methyl sites for hydroxylation is 1. The number of nitrogens with zero attached hydrogens (tertiary/aromatic N) is 3. The molecule has 0 aliphatic rings. The number of aromatic nitrogens is 2. The lowest BCUT2D eigenvalue weighted by Crippen LogP contribution is -2.41. The van der Waals surface area contributed by atoms with Gasteiger partial charge in [0.15, 0.2) is 0 Å². The van der Waals surface area contributed by atoms with Crippen molar-refractivity contribution >= 4 is 17.5 Å². The van der Waals surface area contributed by atoms with E-state index in [2.05, 4.69) is 15.3 Å². The fourth-order valence-electron chi connectivity index (χ4n) is 4.01. The van der Waals surface area contributed by atoms with E-state index in [-0.39, 0.29) is 12.2 Å². The summed E-state index contributed by atoms with van der Waals surface area (Å²) in [5.41, 5.74) is 2.93. The first kappa shape index (κ1) is 25.5. The fourth-order valence-corrected chi connectivity index (χ4v) is 4.01. The van der Waals surface area contributed by atoms with Gasteiger partial charge in [-0.1, -0.05) is 49.4 Å². The molecule has 0 saturated heterocycles. The average Bonchev–Trinajstić information content (AvgIpc) is 2.94. The number of para-hydroxylation sites is 1. The summed E-state index contributed by atoms with van der Waals surface area (Å²) >= 11 is 0. The summed E-state index contributed by atoms with van der Waals surface area (Å²) in [5.74, 6) is -0.764. The van der Waals surface area contributed by atoms with Gasteiger partial charge >= 0.3 is 0 Å². The maximum absolute atomic E-state index is 13.8. The van der Waals surface area contributed by atoms with Crippen LogP contribution in [0.15, 0.2) is 91.4 Å². The Hall–Kier alpha value is -4.59. The van der Waals surface area contributed by atoms with Crippen molar-refractivity contribution in [1.82, 2.24) is 14.9 Å². The van der Waals surface area contributed by atoms with Gasteiger partial charge in [-0.2, -0.15) is 0 Å². The van der Waals surface area contributed by atoms with Gasteiger partial charge < -0.3 is 15.0 Å². The molecule has 1 heterocycles. The number of methoxy groups -OCH3 is 1. The second-order valence-corrected chi connectivity index (χ2v) is 8.33. The lowest BCUT2D eigenvalue weighted by Gasteiger charge is -2.31. The van der Waals surface area contributed by atoms with E-state index in [1.54, 1.807) is 13.2 Å². The average molecular weight is 499 g/mol. The van der Waals surface area contributed by atoms with E-state index in [9.17, 15) is 14.0 Å². The second kappa shape index (κ2) is 11.9. The van der Waals surface area contributed by atoms with Gasteiger partial charge in [0.25, 0.3) is 11.8 Å². The molecule has 0 aliphatic heterocycles. The minimum atomic E-state index is -1.03. The van der Waals surface area contributed by atoms with Crippen molar-refractivity contribution in [3.63, 3.8) is 0 Å². The Morgan fingerprint density at radius 1 is 1.00 bits per heavy atom. The highest BCUT2D eigenvalue weighted by Crippen LogP contribution is 2.29. The van der Waals surface area contributed by atoms with Crippen LogP contribution in [0.4, 0.5) is 10.1 Å². The van der Waals surface area contributed by atoms with Crippen LogP contribution in [-0.2, 0) is 17.8 Å². The number of hydrogen-bond donors (Lipinski definition) is 1. The zero-order chi connectivity index (χ0) is 26.2. The molecule has 7 nitrogen and oxygen atoms in total. The lowest BCUT2D eigenvalue weighted by atomic mass is 10.00. The highest BCUT2D eigenvalue weighted by Gasteiger charge is 2.33. The highest BCUT2D eigenvalue weighted by atomic mass is 19.1. The Bertz CT molecular complexity index is 1350. The third-order valence-electron chi connectivity index (χ3n) is 5.95. The molecule has 4 aromatic rings. The molecule has 1 aromatic heterocycles. The molecule has 0 fully saturated rings. The molecule has 0 saturated carbocycles. The number of anilines is 1. The van der Waals surface area contributed by atoms with E-state index in [0.29, 0.717) is 22.6 Å². The SMILES string of the molecule is CCc1ccc([C@@H](C(=O)Nc2ccc(F)cc2)N(Cc2ccccc2OC)C(=O)c2cnccn2)cc1. The van der Waals surface area contributed by atoms with Gasteiger partial charge in [-0.15, -0.1) is 0 Å². The van der Waals surface area contributed by atoms with Crippen LogP contribution >= 0.6 is 0 Å². The van der Waals surface area contributed by atoms with Crippen molar-refractivity contribution in [2.75, 3.05) is 12.4 Å². The number of rotatable bonds is 9. The van der Waals surface area contributed by atoms with Crippen LogP contribution in [-0.4, -0.2) is 33.8 Å². The van der Waals surface area contributed by atoms with Crippen LogP contribution < -0.4 is 10.1 Å². The van der Waals surface area contributed by atoms with E-state index in [4.69, 9.17) is 4.74 Å². The largest absolute Gasteiger partial charge is 0.496 e. The highest BCUT2D eigenvalue weighted by molar-refractivity contribution is 6.00. The number of amides is 2. The Morgan fingerprint density at radius 2 is 1.73 bits per heavy atom. The molecule has 1 atom stereocenters. The zero-order valence-corrected chi connectivity index (χ0v) is 20.6. The summed E-state index contributed by atoms with van der Waals surface area (Å²) in [5, 5.41) is 2.83. The molecular formula is C29H27FN4O3. The zero-order valence-electron chi connectivity index (χ0n) is 20.6. The van der Waals surface area contributed by atoms with Crippen LogP contribution in [0, 0.1) is 5.82 Å². The van der Waals surface area contributed by atoms with Crippen molar-refractivity contribution in [2.24, 2.45) is 0 Å². The topological polar surface area (TPSA) is 84.4 Å². The third-order valence-corrected chi connectivity index (χ3v) is 5.95. The van der Waals surface area contributed by atoms with E-state index < -0.39 is 23.7 Å². The molecule has 0 bridgehead atoms. The number of carbonyl (C=O) groups is 2. The van der Waals surface area contributed by atoms with Crippen molar-refractivity contribution in [1.29, 1.82) is 0 Å². The summed E-state index contributed by atoms with van der Waals surface area (Å²) < 4.78 is 19.0. The van der Waals surface area contributed by atoms with Crippen molar-refractivity contribution in [3.05, 3.63) is 120 Å². The van der Waals surface area contributed by atoms with E-state index in [0.717, 1.165) is 12.0 Å². The van der Waals surface area contributed by atoms with Gasteiger partial charge in [0.05, 0.1) is 19.9 Å². The summed E-state index contributed by atoms with van der Waals surface area (Å²) in [6.45, 7) is 2.11. The van der Waals surface area contributed by atoms with Gasteiger partial charge in [0, 0.05) is 23.6 Å². The Labute approximate surface area is 215 Å². The molecule has 0 radical (unpaired) electrons. The van der Waals surface area contributed by atoms with Gasteiger partial charge in [-0.05, 0) is 47.9 Å². The molecule has 2 amide bonds. The van der Waals surface area contributed by atoms with Gasteiger partial charge in [-0.25, -0.2) is 9.37 Å². The predicted molar refractivity (Wildman–Crippen MR) is 138 cm³/mol. The Kier molecular flexibility index (Phi) is 8.20. The summed E-state index contributed by atoms with van der Waals surface area (Å²) in [7, 11) is 1.55. The molecular weight excluding hydrogens is 471 g/mol. The monoisotopic (exact) mass is 498 g/mol. The first-order valence-electron chi connectivity index (χ1n) is 11.8. The second-order valence-electron chi connectivity index (χ2n) is 8.33. The Balaban J connectivity index is 1.81. The number of benzene rings is 3. The Morgan fingerprint density at radius 3 is 2.38 bits per heavy atom. The van der Waals surface area contributed by atoms with Crippen molar-refractivity contribution in [2.45, 2.75) is 25.9 Å². The number of hydrogen-bond acceptors (Lipinski definition) is 5. The molecule has 8 heteroatoms. The summed E-state index contributed by atoms with van der Waals surface area (Å²) in [6.07, 6.45) is 5.10. The number of nitrogens with one attached hydrogen (secondary N) is 1. The van der Waals surface area contributed by atoms with Crippen LogP contribution in [0.3, 0.4) is 0 Å². The smallest absolute Gasteiger partial charge is 0.275 e. The van der Waals surface area contributed by atoms with E-state index in [1.165, 1.54) is 47.8 Å². The standard InChI is InChI=1S/C29H27FN4O3/c1-3-20-8-10-21(11-9-20)27(28(35)33-24-14-12-23(30)13-15-24)34(29(36)25-18-31-16-17-32-25)19-22-6-4-5-7-26(22)37-2/h4-18,27H,3,19H2,1-2H3,(H,33,35)/t27-/m0/s1. The molecule has 3 aromatic carbocycles. The minimum absolute atomic E-state index is 0.0659. The first-order chi connectivity index (χ1) is 18.0. The normalized spacial score (nSPS) is 11.4. The van der Waals surface area contributed by atoms with Crippen LogP contribution in [0.25, 0.3) is 0 Å². The van der Waals surface area contributed by atoms with Crippen LogP contribution in [0.5, 0.6) is 5.75 Å². The van der Waals surface area contributed by atoms with Gasteiger partial charge in [0.1, 0.15) is 23.3 Å². The molecule has 1 N–H and O–H groups in total. The molecule has 4 rings (SSSR count). The number of halogens is 1. The quantitative estimate of drug-likeness (QED) is 0.343. The number of ether oxygens (including phenoxy) is 1. The summed E-state index contributed by atoms with van der Waals surface area (Å²) in [4.78, 5) is 37.3. The molecule has 37 heavy (non-hydrogen) atoms. The van der Waals surface area contributed by atoms with Crippen LogP contribution in [0.2, 0.25) is 0 Å². The van der Waals surface area contributed by atoms with E-state index in [1.807, 2.05) is 49.4 Å². The third kappa shape index (κ3) is 6.16. The van der Waals surface area contributed by atoms with Gasteiger partial charge in [0.2, 0.25) is 0 Å². The first-order valence-corrected chi connectivity index (χ1v) is 11.8. The maximum Gasteiger partial charge on any atom is 0.275 e. The minimum Gasteiger partial charge on any atom is -0.496 e. The maximum atomic E-state index is 13.8. The molecule has 0 unspecified atom stereocenters. The van der Waals surface area contributed by atoms with Crippen molar-refractivity contribution in [3.8, 4) is 5.75 Å². The molecule has 0 spiro atoms. The lowest BCUT2D eigenvalue weighted by molar-refractivity contribution is -0.121. The molecule has 188 valence electrons. The van der Waals surface area contributed by atoms with Gasteiger partial charge in [-0.3, -0.25) is 14.6 Å². The van der Waals surface area contributed by atoms with Crippen LogP contribution in [0.1, 0.15) is 40.1 Å². The predicted octanol–water partition coefficient (Wildman–Crippen LogP) is 5.21. The van der Waals surface area contributed by atoms with E-state index >= 15 is 0 Å². The number of carbonyl (C=O) groups excluding carboxylic acids is 2. The fraction of sp³-hybridized carbons (Fsp3) is 0.172.